The molecule has 0 bridgehead atoms. The van der Waals surface area contributed by atoms with Gasteiger partial charge in [0.2, 0.25) is 0 Å². The number of para-hydroxylation sites is 1. The van der Waals surface area contributed by atoms with Gasteiger partial charge >= 0.3 is 0 Å². The van der Waals surface area contributed by atoms with E-state index in [9.17, 15) is 4.79 Å². The monoisotopic (exact) mass is 272 g/mol. The number of carbonyl (C=O) groups excluding carboxylic acids is 1. The Kier molecular flexibility index (Phi) is 5.03. The first-order chi connectivity index (χ1) is 9.74. The Morgan fingerprint density at radius 3 is 3.15 bits per heavy atom. The van der Waals surface area contributed by atoms with Gasteiger partial charge in [-0.2, -0.15) is 0 Å². The third-order valence-electron chi connectivity index (χ3n) is 3.41. The van der Waals surface area contributed by atoms with Crippen molar-refractivity contribution < 1.29 is 9.53 Å². The van der Waals surface area contributed by atoms with Crippen molar-refractivity contribution in [2.45, 2.75) is 19.4 Å². The molecule has 0 spiro atoms. The lowest BCUT2D eigenvalue weighted by Crippen LogP contribution is -2.41. The van der Waals surface area contributed by atoms with Gasteiger partial charge in [-0.15, -0.1) is 6.42 Å². The van der Waals surface area contributed by atoms with Gasteiger partial charge in [0.15, 0.2) is 0 Å². The summed E-state index contributed by atoms with van der Waals surface area (Å²) in [6.45, 7) is 4.75. The van der Waals surface area contributed by atoms with E-state index in [0.717, 1.165) is 26.1 Å². The van der Waals surface area contributed by atoms with E-state index in [0.29, 0.717) is 11.3 Å². The summed E-state index contributed by atoms with van der Waals surface area (Å²) in [6.07, 6.45) is 6.17. The van der Waals surface area contributed by atoms with Crippen LogP contribution < -0.4 is 10.1 Å². The van der Waals surface area contributed by atoms with Crippen LogP contribution >= 0.6 is 0 Å². The lowest BCUT2D eigenvalue weighted by Gasteiger charge is -2.27. The number of hydrogen-bond donors (Lipinski definition) is 1. The highest BCUT2D eigenvalue weighted by molar-refractivity contribution is 5.97. The average Bonchev–Trinajstić information content (AvgIpc) is 2.69. The van der Waals surface area contributed by atoms with Gasteiger partial charge in [0.25, 0.3) is 5.91 Å². The fourth-order valence-corrected chi connectivity index (χ4v) is 2.36. The maximum Gasteiger partial charge on any atom is 0.257 e. The average molecular weight is 272 g/mol. The third-order valence-corrected chi connectivity index (χ3v) is 3.41. The number of terminal acetylenes is 1. The highest BCUT2D eigenvalue weighted by Gasteiger charge is 2.24. The zero-order valence-corrected chi connectivity index (χ0v) is 11.8. The minimum atomic E-state index is 0.00817. The molecule has 0 aromatic heterocycles. The SMILES string of the molecule is C#CCOc1ccccc1C(=O)N1CCCNCC1C. The Hall–Kier alpha value is -1.99. The smallest absolute Gasteiger partial charge is 0.257 e. The quantitative estimate of drug-likeness (QED) is 0.848. The zero-order chi connectivity index (χ0) is 14.4. The number of nitrogens with one attached hydrogen (secondary N) is 1. The Morgan fingerprint density at radius 1 is 1.55 bits per heavy atom. The molecule has 0 saturated carbocycles. The molecule has 1 saturated heterocycles. The largest absolute Gasteiger partial charge is 0.480 e. The van der Waals surface area contributed by atoms with Crippen molar-refractivity contribution in [2.75, 3.05) is 26.2 Å². The van der Waals surface area contributed by atoms with Crippen molar-refractivity contribution >= 4 is 5.91 Å². The van der Waals surface area contributed by atoms with Crippen molar-refractivity contribution in [3.05, 3.63) is 29.8 Å². The van der Waals surface area contributed by atoms with Crippen molar-refractivity contribution in [3.63, 3.8) is 0 Å². The number of carbonyl (C=O) groups is 1. The van der Waals surface area contributed by atoms with Gasteiger partial charge in [-0.3, -0.25) is 4.79 Å². The zero-order valence-electron chi connectivity index (χ0n) is 11.8. The van der Waals surface area contributed by atoms with Crippen molar-refractivity contribution in [1.29, 1.82) is 0 Å². The van der Waals surface area contributed by atoms with E-state index in [2.05, 4.69) is 18.2 Å². The van der Waals surface area contributed by atoms with Gasteiger partial charge in [-0.25, -0.2) is 0 Å². The number of rotatable bonds is 3. The molecule has 1 aliphatic heterocycles. The molecule has 4 nitrogen and oxygen atoms in total. The van der Waals surface area contributed by atoms with E-state index in [1.807, 2.05) is 17.0 Å². The summed E-state index contributed by atoms with van der Waals surface area (Å²) < 4.78 is 5.47. The molecule has 1 N–H and O–H groups in total. The van der Waals surface area contributed by atoms with Gasteiger partial charge in [-0.05, 0) is 32.0 Å². The van der Waals surface area contributed by atoms with E-state index in [4.69, 9.17) is 11.2 Å². The van der Waals surface area contributed by atoms with Gasteiger partial charge < -0.3 is 15.0 Å². The number of hydrogen-bond acceptors (Lipinski definition) is 3. The van der Waals surface area contributed by atoms with Crippen molar-refractivity contribution in [2.24, 2.45) is 0 Å². The minimum Gasteiger partial charge on any atom is -0.480 e. The van der Waals surface area contributed by atoms with Gasteiger partial charge in [0.05, 0.1) is 5.56 Å². The molecule has 1 aromatic rings. The van der Waals surface area contributed by atoms with E-state index in [1.165, 1.54) is 0 Å². The van der Waals surface area contributed by atoms with Gasteiger partial charge in [-0.1, -0.05) is 18.1 Å². The fraction of sp³-hybridized carbons (Fsp3) is 0.438. The number of ether oxygens (including phenoxy) is 1. The first-order valence-corrected chi connectivity index (χ1v) is 6.91. The lowest BCUT2D eigenvalue weighted by molar-refractivity contribution is 0.0703. The maximum absolute atomic E-state index is 12.7. The van der Waals surface area contributed by atoms with Gasteiger partial charge in [0, 0.05) is 19.1 Å². The van der Waals surface area contributed by atoms with Crippen LogP contribution in [0.25, 0.3) is 0 Å². The van der Waals surface area contributed by atoms with Crippen LogP contribution in [0.2, 0.25) is 0 Å². The molecule has 20 heavy (non-hydrogen) atoms. The molecule has 1 amide bonds. The molecule has 0 aliphatic carbocycles. The number of nitrogens with zero attached hydrogens (tertiary/aromatic N) is 1. The molecule has 1 fully saturated rings. The first-order valence-electron chi connectivity index (χ1n) is 6.91. The van der Waals surface area contributed by atoms with Crippen molar-refractivity contribution in [3.8, 4) is 18.1 Å². The van der Waals surface area contributed by atoms with E-state index < -0.39 is 0 Å². The third kappa shape index (κ3) is 3.31. The van der Waals surface area contributed by atoms with E-state index in [-0.39, 0.29) is 18.6 Å². The molecule has 2 rings (SSSR count). The van der Waals surface area contributed by atoms with Crippen LogP contribution in [0.5, 0.6) is 5.75 Å². The molecule has 0 radical (unpaired) electrons. The fourth-order valence-electron chi connectivity index (χ4n) is 2.36. The van der Waals surface area contributed by atoms with Crippen LogP contribution in [0, 0.1) is 12.3 Å². The summed E-state index contributed by atoms with van der Waals surface area (Å²) in [5, 5.41) is 3.33. The first kappa shape index (κ1) is 14.4. The molecule has 1 aromatic carbocycles. The predicted octanol–water partition coefficient (Wildman–Crippen LogP) is 1.52. The maximum atomic E-state index is 12.7. The second-order valence-electron chi connectivity index (χ2n) is 4.89. The Bertz CT molecular complexity index is 507. The molecule has 106 valence electrons. The summed E-state index contributed by atoms with van der Waals surface area (Å²) in [6, 6.07) is 7.43. The highest BCUT2D eigenvalue weighted by atomic mass is 16.5. The second kappa shape index (κ2) is 6.97. The standard InChI is InChI=1S/C16H20N2O2/c1-3-11-20-15-8-5-4-7-14(15)16(19)18-10-6-9-17-12-13(18)2/h1,4-5,7-8,13,17H,6,9-12H2,2H3. The summed E-state index contributed by atoms with van der Waals surface area (Å²) in [5.41, 5.74) is 0.580. The summed E-state index contributed by atoms with van der Waals surface area (Å²) in [7, 11) is 0. The Balaban J connectivity index is 2.21. The molecule has 1 unspecified atom stereocenters. The van der Waals surface area contributed by atoms with Crippen LogP contribution in [0.4, 0.5) is 0 Å². The molecular weight excluding hydrogens is 252 g/mol. The normalized spacial score (nSPS) is 19.0. The van der Waals surface area contributed by atoms with Gasteiger partial charge in [0.1, 0.15) is 12.4 Å². The number of benzene rings is 1. The Labute approximate surface area is 120 Å². The molecule has 1 heterocycles. The van der Waals surface area contributed by atoms with E-state index in [1.54, 1.807) is 12.1 Å². The van der Waals surface area contributed by atoms with Crippen LogP contribution in [-0.2, 0) is 0 Å². The summed E-state index contributed by atoms with van der Waals surface area (Å²) in [4.78, 5) is 14.6. The lowest BCUT2D eigenvalue weighted by atomic mass is 10.1. The highest BCUT2D eigenvalue weighted by Crippen LogP contribution is 2.21. The van der Waals surface area contributed by atoms with Crippen LogP contribution in [0.3, 0.4) is 0 Å². The molecular formula is C16H20N2O2. The van der Waals surface area contributed by atoms with Crippen molar-refractivity contribution in [1.82, 2.24) is 10.2 Å². The summed E-state index contributed by atoms with van der Waals surface area (Å²) in [5.74, 6) is 2.99. The molecule has 1 atom stereocenters. The second-order valence-corrected chi connectivity index (χ2v) is 4.89. The molecule has 1 aliphatic rings. The Morgan fingerprint density at radius 2 is 2.35 bits per heavy atom. The molecule has 4 heteroatoms. The van der Waals surface area contributed by atoms with Crippen LogP contribution in [-0.4, -0.2) is 43.1 Å². The van der Waals surface area contributed by atoms with E-state index >= 15 is 0 Å². The van der Waals surface area contributed by atoms with Crippen LogP contribution in [0.1, 0.15) is 23.7 Å². The predicted molar refractivity (Wildman–Crippen MR) is 78.8 cm³/mol. The topological polar surface area (TPSA) is 41.6 Å². The minimum absolute atomic E-state index is 0.00817. The summed E-state index contributed by atoms with van der Waals surface area (Å²) >= 11 is 0. The number of amides is 1. The van der Waals surface area contributed by atoms with Crippen LogP contribution in [0.15, 0.2) is 24.3 Å².